The molecule has 0 radical (unpaired) electrons. The highest BCUT2D eigenvalue weighted by Gasteiger charge is 2.43. The van der Waals surface area contributed by atoms with Crippen LogP contribution in [0.1, 0.15) is 41.3 Å². The minimum Gasteiger partial charge on any atom is -0.332 e. The summed E-state index contributed by atoms with van der Waals surface area (Å²) in [7, 11) is 0. The van der Waals surface area contributed by atoms with E-state index in [0.29, 0.717) is 12.2 Å². The molecular formula is C24H22FN3O. The first kappa shape index (κ1) is 18.0. The number of hydrogen-bond acceptors (Lipinski definition) is 3. The van der Waals surface area contributed by atoms with Gasteiger partial charge in [-0.1, -0.05) is 29.8 Å². The molecular weight excluding hydrogens is 365 g/mol. The van der Waals surface area contributed by atoms with Crippen molar-refractivity contribution in [2.24, 2.45) is 0 Å². The standard InChI is InChI=1S/C24H22FN3O/c1-15-3-2-4-16(11-15)12-23(29)28-19-9-10-22(28)20-14-26-24(27-21(20)13-19)17-5-7-18(25)8-6-17/h2-8,11,14,19,22H,9-10,12-13H2,1H3/t19-,22+/m0/s1. The largest absolute Gasteiger partial charge is 0.332 e. The van der Waals surface area contributed by atoms with Gasteiger partial charge in [0.1, 0.15) is 5.82 Å². The second kappa shape index (κ2) is 7.07. The van der Waals surface area contributed by atoms with E-state index in [0.717, 1.165) is 41.6 Å². The molecule has 0 N–H and O–H groups in total. The maximum atomic E-state index is 13.2. The van der Waals surface area contributed by atoms with E-state index < -0.39 is 0 Å². The van der Waals surface area contributed by atoms with Crippen molar-refractivity contribution in [3.05, 3.63) is 82.9 Å². The molecule has 29 heavy (non-hydrogen) atoms. The van der Waals surface area contributed by atoms with Crippen LogP contribution < -0.4 is 0 Å². The number of aryl methyl sites for hydroxylation is 1. The molecule has 3 heterocycles. The van der Waals surface area contributed by atoms with Gasteiger partial charge in [-0.05, 0) is 49.6 Å². The van der Waals surface area contributed by atoms with Crippen LogP contribution in [0.4, 0.5) is 4.39 Å². The van der Waals surface area contributed by atoms with Crippen molar-refractivity contribution in [3.8, 4) is 11.4 Å². The number of aromatic nitrogens is 2. The molecule has 5 heteroatoms. The lowest BCUT2D eigenvalue weighted by molar-refractivity contribution is -0.134. The molecule has 0 aliphatic carbocycles. The number of rotatable bonds is 3. The summed E-state index contributed by atoms with van der Waals surface area (Å²) in [6, 6.07) is 14.6. The molecule has 2 atom stereocenters. The van der Waals surface area contributed by atoms with Gasteiger partial charge in [-0.15, -0.1) is 0 Å². The molecule has 1 saturated heterocycles. The van der Waals surface area contributed by atoms with Crippen LogP contribution in [0.3, 0.4) is 0 Å². The van der Waals surface area contributed by atoms with E-state index in [1.54, 1.807) is 12.1 Å². The van der Waals surface area contributed by atoms with Gasteiger partial charge < -0.3 is 4.90 Å². The zero-order valence-electron chi connectivity index (χ0n) is 16.3. The van der Waals surface area contributed by atoms with E-state index in [1.807, 2.05) is 31.3 Å². The van der Waals surface area contributed by atoms with Gasteiger partial charge >= 0.3 is 0 Å². The average molecular weight is 387 g/mol. The number of carbonyl (C=O) groups is 1. The summed E-state index contributed by atoms with van der Waals surface area (Å²) >= 11 is 0. The molecule has 4 nitrogen and oxygen atoms in total. The fourth-order valence-corrected chi connectivity index (χ4v) is 4.68. The maximum absolute atomic E-state index is 13.2. The number of amides is 1. The molecule has 146 valence electrons. The summed E-state index contributed by atoms with van der Waals surface area (Å²) in [4.78, 5) is 24.5. The SMILES string of the molecule is Cc1cccc(CC(=O)N2[C@H]3CC[C@@H]2c2cnc(-c4ccc(F)cc4)nc2C3)c1. The first-order chi connectivity index (χ1) is 14.1. The van der Waals surface area contributed by atoms with Crippen molar-refractivity contribution >= 4 is 5.91 Å². The molecule has 0 unspecified atom stereocenters. The third kappa shape index (κ3) is 3.31. The predicted octanol–water partition coefficient (Wildman–Crippen LogP) is 4.42. The van der Waals surface area contributed by atoms with Gasteiger partial charge in [0.25, 0.3) is 0 Å². The second-order valence-electron chi connectivity index (χ2n) is 8.02. The van der Waals surface area contributed by atoms with Crippen LogP contribution in [0.25, 0.3) is 11.4 Å². The monoisotopic (exact) mass is 387 g/mol. The molecule has 2 bridgehead atoms. The van der Waals surface area contributed by atoms with Gasteiger partial charge in [-0.2, -0.15) is 0 Å². The van der Waals surface area contributed by atoms with E-state index >= 15 is 0 Å². The van der Waals surface area contributed by atoms with Crippen LogP contribution in [-0.2, 0) is 17.6 Å². The van der Waals surface area contributed by atoms with E-state index in [1.165, 1.54) is 17.7 Å². The number of hydrogen-bond donors (Lipinski definition) is 0. The maximum Gasteiger partial charge on any atom is 0.227 e. The summed E-state index contributed by atoms with van der Waals surface area (Å²) in [5, 5.41) is 0. The van der Waals surface area contributed by atoms with Crippen molar-refractivity contribution in [1.29, 1.82) is 0 Å². The molecule has 0 saturated carbocycles. The van der Waals surface area contributed by atoms with E-state index in [2.05, 4.69) is 16.0 Å². The Balaban J connectivity index is 1.41. The van der Waals surface area contributed by atoms with Crippen LogP contribution >= 0.6 is 0 Å². The zero-order chi connectivity index (χ0) is 20.0. The minimum absolute atomic E-state index is 0.0586. The van der Waals surface area contributed by atoms with Crippen LogP contribution in [0.15, 0.2) is 54.7 Å². The third-order valence-corrected chi connectivity index (χ3v) is 6.02. The average Bonchev–Trinajstić information content (AvgIpc) is 3.03. The van der Waals surface area contributed by atoms with Crippen molar-refractivity contribution < 1.29 is 9.18 Å². The lowest BCUT2D eigenvalue weighted by Crippen LogP contribution is -2.43. The number of benzene rings is 2. The van der Waals surface area contributed by atoms with Crippen LogP contribution in [0, 0.1) is 12.7 Å². The topological polar surface area (TPSA) is 46.1 Å². The van der Waals surface area contributed by atoms with Crippen molar-refractivity contribution in [2.75, 3.05) is 0 Å². The van der Waals surface area contributed by atoms with Gasteiger partial charge in [0.05, 0.1) is 18.2 Å². The van der Waals surface area contributed by atoms with Crippen molar-refractivity contribution in [1.82, 2.24) is 14.9 Å². The summed E-state index contributed by atoms with van der Waals surface area (Å²) in [5.74, 6) is 0.520. The van der Waals surface area contributed by atoms with E-state index in [4.69, 9.17) is 4.98 Å². The Kier molecular flexibility index (Phi) is 4.38. The summed E-state index contributed by atoms with van der Waals surface area (Å²) in [5.41, 5.74) is 5.11. The number of nitrogens with zero attached hydrogens (tertiary/aromatic N) is 3. The van der Waals surface area contributed by atoms with Gasteiger partial charge in [0.2, 0.25) is 5.91 Å². The fraction of sp³-hybridized carbons (Fsp3) is 0.292. The lowest BCUT2D eigenvalue weighted by atomic mass is 9.97. The van der Waals surface area contributed by atoms with Crippen LogP contribution in [0.2, 0.25) is 0 Å². The van der Waals surface area contributed by atoms with Crippen molar-refractivity contribution in [3.63, 3.8) is 0 Å². The number of fused-ring (bicyclic) bond motifs is 4. The Hall–Kier alpha value is -3.08. The fourth-order valence-electron chi connectivity index (χ4n) is 4.68. The molecule has 0 spiro atoms. The highest BCUT2D eigenvalue weighted by Crippen LogP contribution is 2.43. The normalized spacial score (nSPS) is 19.9. The highest BCUT2D eigenvalue weighted by molar-refractivity contribution is 5.80. The Labute approximate surface area is 169 Å². The highest BCUT2D eigenvalue weighted by atomic mass is 19.1. The lowest BCUT2D eigenvalue weighted by Gasteiger charge is -2.36. The molecule has 2 aromatic carbocycles. The van der Waals surface area contributed by atoms with Gasteiger partial charge in [-0.25, -0.2) is 14.4 Å². The summed E-state index contributed by atoms with van der Waals surface area (Å²) in [6.07, 6.45) is 4.99. The number of halogens is 1. The molecule has 5 rings (SSSR count). The molecule has 1 fully saturated rings. The van der Waals surface area contributed by atoms with Gasteiger partial charge in [0, 0.05) is 29.8 Å². The third-order valence-electron chi connectivity index (χ3n) is 6.02. The molecule has 3 aromatic rings. The molecule has 1 aromatic heterocycles. The number of carbonyl (C=O) groups excluding carboxylic acids is 1. The first-order valence-electron chi connectivity index (χ1n) is 10.1. The van der Waals surface area contributed by atoms with Crippen LogP contribution in [-0.4, -0.2) is 26.8 Å². The first-order valence-corrected chi connectivity index (χ1v) is 10.1. The smallest absolute Gasteiger partial charge is 0.227 e. The van der Waals surface area contributed by atoms with Crippen LogP contribution in [0.5, 0.6) is 0 Å². The predicted molar refractivity (Wildman–Crippen MR) is 109 cm³/mol. The Morgan fingerprint density at radius 3 is 2.79 bits per heavy atom. The Morgan fingerprint density at radius 2 is 2.00 bits per heavy atom. The quantitative estimate of drug-likeness (QED) is 0.668. The van der Waals surface area contributed by atoms with Gasteiger partial charge in [0.15, 0.2) is 5.82 Å². The Bertz CT molecular complexity index is 1080. The van der Waals surface area contributed by atoms with Crippen molar-refractivity contribution in [2.45, 2.75) is 44.7 Å². The van der Waals surface area contributed by atoms with E-state index in [-0.39, 0.29) is 23.8 Å². The van der Waals surface area contributed by atoms with E-state index in [9.17, 15) is 9.18 Å². The summed E-state index contributed by atoms with van der Waals surface area (Å²) < 4.78 is 13.2. The molecule has 2 aliphatic heterocycles. The Morgan fingerprint density at radius 1 is 1.17 bits per heavy atom. The molecule has 2 aliphatic rings. The second-order valence-corrected chi connectivity index (χ2v) is 8.02. The zero-order valence-corrected chi connectivity index (χ0v) is 16.3. The minimum atomic E-state index is -0.271. The summed E-state index contributed by atoms with van der Waals surface area (Å²) in [6.45, 7) is 2.05. The molecule has 1 amide bonds. The van der Waals surface area contributed by atoms with Gasteiger partial charge in [-0.3, -0.25) is 4.79 Å².